The second kappa shape index (κ2) is 7.48. The normalized spacial score (nSPS) is 17.6. The number of benzene rings is 1. The van der Waals surface area contributed by atoms with Crippen molar-refractivity contribution in [2.24, 2.45) is 0 Å². The molecule has 2 aromatic rings. The third kappa shape index (κ3) is 4.31. The van der Waals surface area contributed by atoms with Crippen molar-refractivity contribution in [2.45, 2.75) is 45.5 Å². The average molecular weight is 390 g/mol. The van der Waals surface area contributed by atoms with Gasteiger partial charge in [-0.25, -0.2) is 4.98 Å². The third-order valence-corrected chi connectivity index (χ3v) is 4.90. The van der Waals surface area contributed by atoms with E-state index < -0.39 is 30.8 Å². The topological polar surface area (TPSA) is 69.7 Å². The molecule has 9 heteroatoms. The Hall–Kier alpha value is -2.52. The summed E-state index contributed by atoms with van der Waals surface area (Å²) in [6.07, 6.45) is 1.27. The summed E-state index contributed by atoms with van der Waals surface area (Å²) in [5.74, 6) is -0.406. The quantitative estimate of drug-likeness (QED) is 0.794. The predicted molar refractivity (Wildman–Crippen MR) is 101 cm³/mol. The van der Waals surface area contributed by atoms with Crippen LogP contribution < -0.4 is 15.5 Å². The molecule has 0 atom stereocenters. The van der Waals surface area contributed by atoms with Crippen molar-refractivity contribution in [1.29, 1.82) is 0 Å². The minimum atomic E-state index is -2.95. The van der Waals surface area contributed by atoms with Crippen molar-refractivity contribution in [3.63, 3.8) is 0 Å². The zero-order valence-electron chi connectivity index (χ0n) is 16.0. The molecule has 3 rings (SSSR count). The van der Waals surface area contributed by atoms with Gasteiger partial charge in [0.15, 0.2) is 0 Å². The Morgan fingerprint density at radius 3 is 2.29 bits per heavy atom. The lowest BCUT2D eigenvalue weighted by Crippen LogP contribution is -2.41. The molecule has 1 aliphatic heterocycles. The summed E-state index contributed by atoms with van der Waals surface area (Å²) < 4.78 is 40.8. The number of hydrogen-bond acceptors (Lipinski definition) is 5. The molecule has 0 saturated carbocycles. The lowest BCUT2D eigenvalue weighted by atomic mass is 9.79. The molecule has 0 spiro atoms. The van der Waals surface area contributed by atoms with Crippen LogP contribution >= 0.6 is 0 Å². The van der Waals surface area contributed by atoms with Crippen molar-refractivity contribution < 1.29 is 27.6 Å². The number of carbonyl (C=O) groups is 1. The lowest BCUT2D eigenvalue weighted by Gasteiger charge is -2.32. The van der Waals surface area contributed by atoms with E-state index in [1.807, 2.05) is 27.7 Å². The highest BCUT2D eigenvalue weighted by Crippen LogP contribution is 2.36. The first-order chi connectivity index (χ1) is 13.1. The molecule has 1 N–H and O–H groups in total. The van der Waals surface area contributed by atoms with Crippen molar-refractivity contribution >= 4 is 24.3 Å². The molecule has 6 nitrogen and oxygen atoms in total. The van der Waals surface area contributed by atoms with Gasteiger partial charge in [-0.1, -0.05) is 12.1 Å². The molecular weight excluding hydrogens is 369 g/mol. The van der Waals surface area contributed by atoms with E-state index in [0.29, 0.717) is 5.56 Å². The van der Waals surface area contributed by atoms with Crippen LogP contribution in [-0.2, 0) is 9.31 Å². The highest BCUT2D eigenvalue weighted by Gasteiger charge is 2.51. The molecule has 1 aromatic heterocycles. The monoisotopic (exact) mass is 390 g/mol. The third-order valence-electron chi connectivity index (χ3n) is 4.90. The first kappa shape index (κ1) is 20.2. The second-order valence-corrected chi connectivity index (χ2v) is 7.42. The summed E-state index contributed by atoms with van der Waals surface area (Å²) >= 11 is 0. The number of anilines is 1. The molecule has 148 valence electrons. The van der Waals surface area contributed by atoms with Gasteiger partial charge in [0.2, 0.25) is 0 Å². The summed E-state index contributed by atoms with van der Waals surface area (Å²) in [7, 11) is -0.521. The number of aromatic nitrogens is 1. The van der Waals surface area contributed by atoms with Crippen LogP contribution in [0.1, 0.15) is 38.1 Å². The molecule has 1 fully saturated rings. The van der Waals surface area contributed by atoms with E-state index in [-0.39, 0.29) is 11.6 Å². The SMILES string of the molecule is CC1(C)OB(c2ccc(C(=O)Nc3cc(OC(F)F)ccn3)cc2)OC1(C)C. The molecule has 1 saturated heterocycles. The summed E-state index contributed by atoms with van der Waals surface area (Å²) in [5, 5.41) is 2.55. The number of rotatable bonds is 5. The highest BCUT2D eigenvalue weighted by atomic mass is 19.3. The smallest absolute Gasteiger partial charge is 0.435 e. The first-order valence-electron chi connectivity index (χ1n) is 8.75. The molecule has 1 aromatic carbocycles. The van der Waals surface area contributed by atoms with Gasteiger partial charge in [0, 0.05) is 17.8 Å². The molecular formula is C19H21BF2N2O4. The minimum Gasteiger partial charge on any atom is -0.435 e. The van der Waals surface area contributed by atoms with E-state index in [1.165, 1.54) is 18.3 Å². The molecule has 0 bridgehead atoms. The van der Waals surface area contributed by atoms with Gasteiger partial charge in [-0.2, -0.15) is 8.78 Å². The van der Waals surface area contributed by atoms with Crippen LogP contribution in [-0.4, -0.2) is 35.8 Å². The number of pyridine rings is 1. The minimum absolute atomic E-state index is 0.0867. The number of alkyl halides is 2. The van der Waals surface area contributed by atoms with E-state index in [9.17, 15) is 13.6 Å². The van der Waals surface area contributed by atoms with Gasteiger partial charge < -0.3 is 19.4 Å². The molecule has 1 aliphatic rings. The standard InChI is InChI=1S/C19H21BF2N2O4/c1-18(2)19(3,4)28-20(27-18)13-7-5-12(6-8-13)16(25)24-15-11-14(9-10-23-15)26-17(21)22/h5-11,17H,1-4H3,(H,23,24,25). The molecule has 2 heterocycles. The summed E-state index contributed by atoms with van der Waals surface area (Å²) in [4.78, 5) is 16.3. The fourth-order valence-corrected chi connectivity index (χ4v) is 2.61. The highest BCUT2D eigenvalue weighted by molar-refractivity contribution is 6.62. The lowest BCUT2D eigenvalue weighted by molar-refractivity contribution is -0.0498. The average Bonchev–Trinajstić information content (AvgIpc) is 2.82. The first-order valence-corrected chi connectivity index (χ1v) is 8.75. The molecule has 0 radical (unpaired) electrons. The number of hydrogen-bond donors (Lipinski definition) is 1. The Balaban J connectivity index is 1.68. The fraction of sp³-hybridized carbons (Fsp3) is 0.368. The maximum absolute atomic E-state index is 12.4. The maximum atomic E-state index is 12.4. The number of ether oxygens (including phenoxy) is 1. The van der Waals surface area contributed by atoms with Gasteiger partial charge in [-0.05, 0) is 51.4 Å². The van der Waals surface area contributed by atoms with Gasteiger partial charge in [0.25, 0.3) is 5.91 Å². The van der Waals surface area contributed by atoms with E-state index in [4.69, 9.17) is 9.31 Å². The molecule has 0 aliphatic carbocycles. The zero-order chi connectivity index (χ0) is 20.5. The Morgan fingerprint density at radius 2 is 1.71 bits per heavy atom. The van der Waals surface area contributed by atoms with Gasteiger partial charge in [-0.3, -0.25) is 4.79 Å². The van der Waals surface area contributed by atoms with Crippen LogP contribution in [0.15, 0.2) is 42.6 Å². The van der Waals surface area contributed by atoms with E-state index in [0.717, 1.165) is 5.46 Å². The van der Waals surface area contributed by atoms with Gasteiger partial charge in [0.05, 0.1) is 11.2 Å². The van der Waals surface area contributed by atoms with Gasteiger partial charge in [0.1, 0.15) is 11.6 Å². The molecule has 0 unspecified atom stereocenters. The van der Waals surface area contributed by atoms with Crippen LogP contribution in [0.25, 0.3) is 0 Å². The number of halogens is 2. The fourth-order valence-electron chi connectivity index (χ4n) is 2.61. The number of nitrogens with one attached hydrogen (secondary N) is 1. The Labute approximate surface area is 162 Å². The number of carbonyl (C=O) groups excluding carboxylic acids is 1. The van der Waals surface area contributed by atoms with Crippen LogP contribution in [0.3, 0.4) is 0 Å². The maximum Gasteiger partial charge on any atom is 0.494 e. The van der Waals surface area contributed by atoms with E-state index >= 15 is 0 Å². The van der Waals surface area contributed by atoms with Crippen LogP contribution in [0.2, 0.25) is 0 Å². The molecule has 1 amide bonds. The van der Waals surface area contributed by atoms with Crippen molar-refractivity contribution in [3.05, 3.63) is 48.2 Å². The van der Waals surface area contributed by atoms with Crippen molar-refractivity contribution in [3.8, 4) is 5.75 Å². The Morgan fingerprint density at radius 1 is 1.11 bits per heavy atom. The summed E-state index contributed by atoms with van der Waals surface area (Å²) in [6, 6.07) is 9.27. The number of nitrogens with zero attached hydrogens (tertiary/aromatic N) is 1. The Bertz CT molecular complexity index is 843. The van der Waals surface area contributed by atoms with E-state index in [1.54, 1.807) is 24.3 Å². The number of amides is 1. The van der Waals surface area contributed by atoms with Gasteiger partial charge in [-0.15, -0.1) is 0 Å². The van der Waals surface area contributed by atoms with Crippen LogP contribution in [0.4, 0.5) is 14.6 Å². The Kier molecular flexibility index (Phi) is 5.40. The predicted octanol–water partition coefficient (Wildman–Crippen LogP) is 3.23. The van der Waals surface area contributed by atoms with Crippen molar-refractivity contribution in [1.82, 2.24) is 4.98 Å². The largest absolute Gasteiger partial charge is 0.494 e. The van der Waals surface area contributed by atoms with Crippen LogP contribution in [0, 0.1) is 0 Å². The van der Waals surface area contributed by atoms with E-state index in [2.05, 4.69) is 15.0 Å². The molecule has 28 heavy (non-hydrogen) atoms. The van der Waals surface area contributed by atoms with Crippen molar-refractivity contribution in [2.75, 3.05) is 5.32 Å². The zero-order valence-corrected chi connectivity index (χ0v) is 16.0. The van der Waals surface area contributed by atoms with Crippen LogP contribution in [0.5, 0.6) is 5.75 Å². The second-order valence-electron chi connectivity index (χ2n) is 7.42. The van der Waals surface area contributed by atoms with Gasteiger partial charge >= 0.3 is 13.7 Å². The summed E-state index contributed by atoms with van der Waals surface area (Å²) in [5.41, 5.74) is 0.262. The summed E-state index contributed by atoms with van der Waals surface area (Å²) in [6.45, 7) is 4.91.